The first-order valence-corrected chi connectivity index (χ1v) is 4.38. The molecule has 7 heteroatoms. The summed E-state index contributed by atoms with van der Waals surface area (Å²) in [6.45, 7) is 0. The molecule has 0 atom stereocenters. The molecule has 2 N–H and O–H groups in total. The molecule has 0 aliphatic carbocycles. The second-order valence-corrected chi connectivity index (χ2v) is 3.00. The molecule has 0 radical (unpaired) electrons. The van der Waals surface area contributed by atoms with Crippen LogP contribution < -0.4 is 5.73 Å². The van der Waals surface area contributed by atoms with E-state index in [2.05, 4.69) is 24.9 Å². The van der Waals surface area contributed by atoms with Crippen molar-refractivity contribution in [3.8, 4) is 0 Å². The molecule has 2 rings (SSSR count). The zero-order valence-electron chi connectivity index (χ0n) is 7.46. The van der Waals surface area contributed by atoms with Gasteiger partial charge < -0.3 is 5.73 Å². The Bertz CT molecular complexity index is 495. The van der Waals surface area contributed by atoms with Gasteiger partial charge >= 0.3 is 0 Å². The quantitative estimate of drug-likeness (QED) is 0.615. The predicted molar refractivity (Wildman–Crippen MR) is 55.2 cm³/mol. The monoisotopic (exact) mass is 223 g/mol. The molecule has 0 spiro atoms. The fourth-order valence-corrected chi connectivity index (χ4v) is 1.05. The zero-order chi connectivity index (χ0) is 10.7. The predicted octanol–water partition coefficient (Wildman–Crippen LogP) is 1.45. The maximum absolute atomic E-state index is 5.68. The zero-order valence-corrected chi connectivity index (χ0v) is 8.22. The summed E-state index contributed by atoms with van der Waals surface area (Å²) in [6.07, 6.45) is 1.41. The van der Waals surface area contributed by atoms with Crippen LogP contribution >= 0.6 is 11.6 Å². The summed E-state index contributed by atoms with van der Waals surface area (Å²) in [5.41, 5.74) is 5.79. The Hall–Kier alpha value is -1.95. The van der Waals surface area contributed by atoms with Gasteiger partial charge in [0.2, 0.25) is 0 Å². The van der Waals surface area contributed by atoms with Gasteiger partial charge in [-0.25, -0.2) is 14.6 Å². The van der Waals surface area contributed by atoms with Crippen LogP contribution in [0.15, 0.2) is 27.8 Å². The van der Waals surface area contributed by atoms with Crippen molar-refractivity contribution in [2.24, 2.45) is 4.99 Å². The van der Waals surface area contributed by atoms with Gasteiger partial charge in [-0.15, -0.1) is 0 Å². The van der Waals surface area contributed by atoms with Crippen LogP contribution in [0, 0.1) is 0 Å². The number of aliphatic imine (C=N–C) groups is 1. The molecule has 15 heavy (non-hydrogen) atoms. The molecular formula is C8H6ClN5O. The SMILES string of the molecule is Nc1nonc1C=Nc1cccc(Cl)n1. The fraction of sp³-hybridized carbons (Fsp3) is 0. The van der Waals surface area contributed by atoms with E-state index in [4.69, 9.17) is 17.3 Å². The van der Waals surface area contributed by atoms with Crippen molar-refractivity contribution >= 4 is 29.5 Å². The van der Waals surface area contributed by atoms with Gasteiger partial charge in [0.15, 0.2) is 17.3 Å². The standard InChI is InChI=1S/C8H6ClN5O/c9-6-2-1-3-7(12-6)11-4-5-8(10)14-15-13-5/h1-4H,(H2,10,14). The maximum Gasteiger partial charge on any atom is 0.197 e. The molecule has 0 fully saturated rings. The molecular weight excluding hydrogens is 218 g/mol. The highest BCUT2D eigenvalue weighted by Gasteiger charge is 2.01. The number of rotatable bonds is 2. The summed E-state index contributed by atoms with van der Waals surface area (Å²) in [5, 5.41) is 7.30. The number of halogens is 1. The normalized spacial score (nSPS) is 11.0. The van der Waals surface area contributed by atoms with E-state index in [1.165, 1.54) is 6.21 Å². The molecule has 0 saturated heterocycles. The Morgan fingerprint density at radius 2 is 2.27 bits per heavy atom. The Kier molecular flexibility index (Phi) is 2.59. The number of hydrogen-bond donors (Lipinski definition) is 1. The van der Waals surface area contributed by atoms with Crippen LogP contribution in [0.4, 0.5) is 11.6 Å². The van der Waals surface area contributed by atoms with E-state index in [0.717, 1.165) is 0 Å². The summed E-state index contributed by atoms with van der Waals surface area (Å²) in [4.78, 5) is 7.96. The summed E-state index contributed by atoms with van der Waals surface area (Å²) in [6, 6.07) is 5.10. The number of nitrogens with zero attached hydrogens (tertiary/aromatic N) is 4. The minimum Gasteiger partial charge on any atom is -0.379 e. The van der Waals surface area contributed by atoms with Crippen molar-refractivity contribution < 1.29 is 4.63 Å². The minimum absolute atomic E-state index is 0.181. The van der Waals surface area contributed by atoms with Gasteiger partial charge in [-0.3, -0.25) is 0 Å². The summed E-state index contributed by atoms with van der Waals surface area (Å²) in [5.74, 6) is 0.644. The fourth-order valence-electron chi connectivity index (χ4n) is 0.888. The summed E-state index contributed by atoms with van der Waals surface area (Å²) >= 11 is 5.68. The van der Waals surface area contributed by atoms with Crippen LogP contribution in [0.25, 0.3) is 0 Å². The van der Waals surface area contributed by atoms with Crippen LogP contribution in [0.5, 0.6) is 0 Å². The molecule has 2 aromatic rings. The first kappa shape index (κ1) is 9.60. The second-order valence-electron chi connectivity index (χ2n) is 2.61. The lowest BCUT2D eigenvalue weighted by Gasteiger charge is -1.91. The van der Waals surface area contributed by atoms with E-state index in [0.29, 0.717) is 16.7 Å². The molecule has 6 nitrogen and oxygen atoms in total. The second kappa shape index (κ2) is 4.05. The van der Waals surface area contributed by atoms with E-state index in [-0.39, 0.29) is 5.82 Å². The smallest absolute Gasteiger partial charge is 0.197 e. The molecule has 2 heterocycles. The molecule has 76 valence electrons. The third-order valence-corrected chi connectivity index (χ3v) is 1.77. The van der Waals surface area contributed by atoms with Gasteiger partial charge in [0.25, 0.3) is 0 Å². The lowest BCUT2D eigenvalue weighted by atomic mass is 10.4. The first-order valence-electron chi connectivity index (χ1n) is 4.00. The van der Waals surface area contributed by atoms with Gasteiger partial charge in [0.1, 0.15) is 5.15 Å². The van der Waals surface area contributed by atoms with Crippen LogP contribution in [0.1, 0.15) is 5.69 Å². The largest absolute Gasteiger partial charge is 0.379 e. The molecule has 0 bridgehead atoms. The van der Waals surface area contributed by atoms with Crippen molar-refractivity contribution in [1.82, 2.24) is 15.3 Å². The molecule has 0 unspecified atom stereocenters. The van der Waals surface area contributed by atoms with Gasteiger partial charge in [0, 0.05) is 0 Å². The highest BCUT2D eigenvalue weighted by Crippen LogP contribution is 2.12. The molecule has 0 amide bonds. The van der Waals surface area contributed by atoms with Crippen molar-refractivity contribution in [1.29, 1.82) is 0 Å². The highest BCUT2D eigenvalue weighted by atomic mass is 35.5. The van der Waals surface area contributed by atoms with Crippen LogP contribution in [0.2, 0.25) is 5.15 Å². The van der Waals surface area contributed by atoms with Gasteiger partial charge in [-0.1, -0.05) is 17.7 Å². The topological polar surface area (TPSA) is 90.2 Å². The van der Waals surface area contributed by atoms with Crippen LogP contribution in [-0.2, 0) is 0 Å². The molecule has 0 aromatic carbocycles. The Morgan fingerprint density at radius 3 is 2.93 bits per heavy atom. The molecule has 0 aliphatic rings. The van der Waals surface area contributed by atoms with E-state index in [1.807, 2.05) is 0 Å². The Labute approximate surface area is 89.7 Å². The van der Waals surface area contributed by atoms with Gasteiger partial charge in [-0.05, 0) is 22.4 Å². The van der Waals surface area contributed by atoms with Crippen molar-refractivity contribution in [3.63, 3.8) is 0 Å². The van der Waals surface area contributed by atoms with Crippen LogP contribution in [0.3, 0.4) is 0 Å². The lowest BCUT2D eigenvalue weighted by Crippen LogP contribution is -1.91. The number of aromatic nitrogens is 3. The van der Waals surface area contributed by atoms with Crippen molar-refractivity contribution in [2.45, 2.75) is 0 Å². The van der Waals surface area contributed by atoms with Gasteiger partial charge in [0.05, 0.1) is 6.21 Å². The molecule has 2 aromatic heterocycles. The number of nitrogen functional groups attached to an aromatic ring is 1. The molecule has 0 saturated carbocycles. The summed E-state index contributed by atoms with van der Waals surface area (Å²) in [7, 11) is 0. The number of hydrogen-bond acceptors (Lipinski definition) is 6. The lowest BCUT2D eigenvalue weighted by molar-refractivity contribution is 0.308. The Balaban J connectivity index is 2.22. The van der Waals surface area contributed by atoms with Crippen molar-refractivity contribution in [3.05, 3.63) is 29.0 Å². The van der Waals surface area contributed by atoms with Crippen LogP contribution in [-0.4, -0.2) is 21.5 Å². The van der Waals surface area contributed by atoms with Gasteiger partial charge in [-0.2, -0.15) is 0 Å². The van der Waals surface area contributed by atoms with E-state index < -0.39 is 0 Å². The van der Waals surface area contributed by atoms with E-state index >= 15 is 0 Å². The summed E-state index contributed by atoms with van der Waals surface area (Å²) < 4.78 is 4.39. The number of anilines is 1. The highest BCUT2D eigenvalue weighted by molar-refractivity contribution is 6.29. The number of pyridine rings is 1. The van der Waals surface area contributed by atoms with Crippen molar-refractivity contribution in [2.75, 3.05) is 5.73 Å². The third kappa shape index (κ3) is 2.29. The van der Waals surface area contributed by atoms with E-state index in [9.17, 15) is 0 Å². The first-order chi connectivity index (χ1) is 7.25. The average molecular weight is 224 g/mol. The number of nitrogens with two attached hydrogens (primary N) is 1. The molecule has 0 aliphatic heterocycles. The Morgan fingerprint density at radius 1 is 1.40 bits per heavy atom. The maximum atomic E-state index is 5.68. The van der Waals surface area contributed by atoms with E-state index in [1.54, 1.807) is 18.2 Å². The minimum atomic E-state index is 0.181. The third-order valence-electron chi connectivity index (χ3n) is 1.56. The average Bonchev–Trinajstić information content (AvgIpc) is 2.61.